The van der Waals surface area contributed by atoms with Crippen LogP contribution in [0.15, 0.2) is 61.2 Å². The monoisotopic (exact) mass is 406 g/mol. The highest BCUT2D eigenvalue weighted by atomic mass is 16.6. The van der Waals surface area contributed by atoms with Gasteiger partial charge >= 0.3 is 5.97 Å². The molecule has 7 nitrogen and oxygen atoms in total. The standard InChI is InChI=1S/C23H22N2O5/c1-4-13-22(21(26)29-5-2)18-8-6-7-9-19(18)24(3)23(22)14-12-16-15-17(25(27)28)10-11-20(16)30-23/h4,6-12,14-15H,1,5,13H2,2-3H3. The quantitative estimate of drug-likeness (QED) is 0.320. The number of hydrogen-bond donors (Lipinski definition) is 0. The van der Waals surface area contributed by atoms with Crippen LogP contribution in [0.4, 0.5) is 11.4 Å². The van der Waals surface area contributed by atoms with Gasteiger partial charge in [-0.3, -0.25) is 14.9 Å². The SMILES string of the molecule is C=CCC1(C(=O)OCC)c2ccccc2N(C)C12C=Cc1cc([N+](=O)[O-])ccc1O2. The Hall–Kier alpha value is -3.61. The van der Waals surface area contributed by atoms with E-state index in [1.165, 1.54) is 12.1 Å². The second kappa shape index (κ2) is 7.02. The fourth-order valence-corrected chi connectivity index (χ4v) is 4.54. The Morgan fingerprint density at radius 2 is 2.10 bits per heavy atom. The molecule has 0 saturated heterocycles. The number of non-ortho nitro benzene ring substituents is 1. The lowest BCUT2D eigenvalue weighted by Crippen LogP contribution is -2.64. The van der Waals surface area contributed by atoms with Crippen molar-refractivity contribution in [3.05, 3.63) is 82.4 Å². The van der Waals surface area contributed by atoms with Gasteiger partial charge in [-0.05, 0) is 43.2 Å². The van der Waals surface area contributed by atoms with Gasteiger partial charge < -0.3 is 14.4 Å². The number of para-hydroxylation sites is 1. The summed E-state index contributed by atoms with van der Waals surface area (Å²) in [6.45, 7) is 5.88. The minimum atomic E-state index is -1.21. The molecule has 0 amide bonds. The number of nitro groups is 1. The van der Waals surface area contributed by atoms with E-state index in [0.29, 0.717) is 17.7 Å². The average molecular weight is 406 g/mol. The molecule has 2 aromatic carbocycles. The number of anilines is 1. The number of benzene rings is 2. The Morgan fingerprint density at radius 3 is 2.80 bits per heavy atom. The zero-order chi connectivity index (χ0) is 21.5. The third kappa shape index (κ3) is 2.48. The van der Waals surface area contributed by atoms with E-state index in [1.807, 2.05) is 36.2 Å². The normalized spacial score (nSPS) is 23.5. The molecule has 154 valence electrons. The van der Waals surface area contributed by atoms with Crippen LogP contribution in [0.5, 0.6) is 5.75 Å². The van der Waals surface area contributed by atoms with E-state index in [0.717, 1.165) is 11.3 Å². The summed E-state index contributed by atoms with van der Waals surface area (Å²) < 4.78 is 12.1. The van der Waals surface area contributed by atoms with Gasteiger partial charge in [0.25, 0.3) is 5.69 Å². The van der Waals surface area contributed by atoms with Crippen LogP contribution in [-0.4, -0.2) is 30.3 Å². The van der Waals surface area contributed by atoms with E-state index in [-0.39, 0.29) is 12.3 Å². The summed E-state index contributed by atoms with van der Waals surface area (Å²) in [4.78, 5) is 26.1. The minimum Gasteiger partial charge on any atom is -0.465 e. The zero-order valence-corrected chi connectivity index (χ0v) is 16.8. The molecular weight excluding hydrogens is 384 g/mol. The van der Waals surface area contributed by atoms with Gasteiger partial charge in [-0.25, -0.2) is 0 Å². The molecule has 1 spiro atoms. The van der Waals surface area contributed by atoms with Crippen LogP contribution in [0, 0.1) is 10.1 Å². The predicted octanol–water partition coefficient (Wildman–Crippen LogP) is 4.22. The van der Waals surface area contributed by atoms with E-state index < -0.39 is 22.0 Å². The van der Waals surface area contributed by atoms with E-state index >= 15 is 0 Å². The van der Waals surface area contributed by atoms with Crippen molar-refractivity contribution in [2.75, 3.05) is 18.6 Å². The number of ether oxygens (including phenoxy) is 2. The Labute approximate surface area is 174 Å². The zero-order valence-electron chi connectivity index (χ0n) is 16.8. The second-order valence-electron chi connectivity index (χ2n) is 7.31. The van der Waals surface area contributed by atoms with Crippen LogP contribution in [0.25, 0.3) is 6.08 Å². The molecule has 2 aliphatic rings. The molecular formula is C23H22N2O5. The maximum Gasteiger partial charge on any atom is 0.323 e. The first kappa shape index (κ1) is 19.7. The number of allylic oxidation sites excluding steroid dienone is 1. The van der Waals surface area contributed by atoms with Crippen molar-refractivity contribution in [2.45, 2.75) is 24.5 Å². The fraction of sp³-hybridized carbons (Fsp3) is 0.261. The van der Waals surface area contributed by atoms with E-state index in [1.54, 1.807) is 31.2 Å². The summed E-state index contributed by atoms with van der Waals surface area (Å²) in [7, 11) is 1.86. The number of nitro benzene ring substituents is 1. The van der Waals surface area contributed by atoms with Gasteiger partial charge in [0.15, 0.2) is 5.41 Å². The summed E-state index contributed by atoms with van der Waals surface area (Å²) in [6.07, 6.45) is 5.54. The van der Waals surface area contributed by atoms with Crippen molar-refractivity contribution in [2.24, 2.45) is 0 Å². The number of nitrogens with zero attached hydrogens (tertiary/aromatic N) is 2. The van der Waals surface area contributed by atoms with Gasteiger partial charge in [-0.1, -0.05) is 24.3 Å². The number of carbonyl (C=O) groups is 1. The Balaban J connectivity index is 1.95. The molecule has 30 heavy (non-hydrogen) atoms. The lowest BCUT2D eigenvalue weighted by molar-refractivity contribution is -0.384. The Morgan fingerprint density at radius 1 is 1.33 bits per heavy atom. The lowest BCUT2D eigenvalue weighted by atomic mass is 9.70. The van der Waals surface area contributed by atoms with Crippen molar-refractivity contribution in [3.8, 4) is 5.75 Å². The van der Waals surface area contributed by atoms with Gasteiger partial charge in [0.05, 0.1) is 11.5 Å². The largest absolute Gasteiger partial charge is 0.465 e. The molecule has 0 bridgehead atoms. The van der Waals surface area contributed by atoms with Crippen molar-refractivity contribution in [1.82, 2.24) is 0 Å². The average Bonchev–Trinajstić information content (AvgIpc) is 2.94. The van der Waals surface area contributed by atoms with Gasteiger partial charge in [-0.2, -0.15) is 0 Å². The van der Waals surface area contributed by atoms with Crippen LogP contribution in [0.3, 0.4) is 0 Å². The van der Waals surface area contributed by atoms with Crippen molar-refractivity contribution in [3.63, 3.8) is 0 Å². The molecule has 7 heteroatoms. The van der Waals surface area contributed by atoms with E-state index in [9.17, 15) is 14.9 Å². The molecule has 2 unspecified atom stereocenters. The molecule has 0 radical (unpaired) electrons. The highest BCUT2D eigenvalue weighted by molar-refractivity contribution is 5.93. The van der Waals surface area contributed by atoms with E-state index in [4.69, 9.17) is 9.47 Å². The van der Waals surface area contributed by atoms with Crippen LogP contribution >= 0.6 is 0 Å². The van der Waals surface area contributed by atoms with Crippen LogP contribution in [0.1, 0.15) is 24.5 Å². The van der Waals surface area contributed by atoms with Crippen LogP contribution in [-0.2, 0) is 14.9 Å². The number of carbonyl (C=O) groups excluding carboxylic acids is 1. The first-order chi connectivity index (χ1) is 14.4. The summed E-state index contributed by atoms with van der Waals surface area (Å²) in [6, 6.07) is 12.1. The minimum absolute atomic E-state index is 0.0243. The molecule has 4 rings (SSSR count). The predicted molar refractivity (Wildman–Crippen MR) is 113 cm³/mol. The van der Waals surface area contributed by atoms with Gasteiger partial charge in [0.1, 0.15) is 5.75 Å². The molecule has 2 aliphatic heterocycles. The molecule has 2 atom stereocenters. The topological polar surface area (TPSA) is 81.9 Å². The Bertz CT molecular complexity index is 1080. The Kier molecular flexibility index (Phi) is 4.61. The third-order valence-corrected chi connectivity index (χ3v) is 5.87. The summed E-state index contributed by atoms with van der Waals surface area (Å²) >= 11 is 0. The second-order valence-corrected chi connectivity index (χ2v) is 7.31. The highest BCUT2D eigenvalue weighted by Crippen LogP contribution is 2.57. The maximum absolute atomic E-state index is 13.5. The van der Waals surface area contributed by atoms with Crippen molar-refractivity contribution >= 4 is 23.4 Å². The highest BCUT2D eigenvalue weighted by Gasteiger charge is 2.67. The van der Waals surface area contributed by atoms with Crippen molar-refractivity contribution in [1.29, 1.82) is 0 Å². The molecule has 0 fully saturated rings. The molecule has 0 saturated carbocycles. The third-order valence-electron chi connectivity index (χ3n) is 5.87. The molecule has 2 aromatic rings. The van der Waals surface area contributed by atoms with Gasteiger partial charge in [-0.15, -0.1) is 6.58 Å². The number of rotatable bonds is 5. The fourth-order valence-electron chi connectivity index (χ4n) is 4.54. The van der Waals surface area contributed by atoms with E-state index in [2.05, 4.69) is 6.58 Å². The smallest absolute Gasteiger partial charge is 0.323 e. The first-order valence-corrected chi connectivity index (χ1v) is 9.69. The summed E-state index contributed by atoms with van der Waals surface area (Å²) in [5.41, 5.74) is -0.200. The van der Waals surface area contributed by atoms with Crippen LogP contribution in [0.2, 0.25) is 0 Å². The summed E-state index contributed by atoms with van der Waals surface area (Å²) in [5, 5.41) is 11.1. The van der Waals surface area contributed by atoms with Gasteiger partial charge in [0, 0.05) is 30.4 Å². The lowest BCUT2D eigenvalue weighted by Gasteiger charge is -2.46. The number of esters is 1. The molecule has 0 aliphatic carbocycles. The molecule has 2 heterocycles. The first-order valence-electron chi connectivity index (χ1n) is 9.69. The van der Waals surface area contributed by atoms with Crippen molar-refractivity contribution < 1.29 is 19.2 Å². The maximum atomic E-state index is 13.5. The van der Waals surface area contributed by atoms with Gasteiger partial charge in [0.2, 0.25) is 5.72 Å². The van der Waals surface area contributed by atoms with Crippen LogP contribution < -0.4 is 9.64 Å². The molecule has 0 aromatic heterocycles. The number of hydrogen-bond acceptors (Lipinski definition) is 6. The number of likely N-dealkylation sites (N-methyl/N-ethyl adjacent to an activating group) is 1. The summed E-state index contributed by atoms with van der Waals surface area (Å²) in [5.74, 6) is 0.0530. The molecule has 0 N–H and O–H groups in total. The number of fused-ring (bicyclic) bond motifs is 2.